The van der Waals surface area contributed by atoms with Gasteiger partial charge in [-0.15, -0.1) is 0 Å². The van der Waals surface area contributed by atoms with Crippen LogP contribution in [0.4, 0.5) is 4.39 Å². The standard InChI is InChI=1S/C11H14FNO/c1-14-10-4-2-3-8(11(10)12)7-13-9-5-6-9/h2-4,9,13H,5-7H2,1H3. The van der Waals surface area contributed by atoms with Crippen molar-refractivity contribution in [3.63, 3.8) is 0 Å². The topological polar surface area (TPSA) is 21.3 Å². The minimum Gasteiger partial charge on any atom is -0.494 e. The van der Waals surface area contributed by atoms with Crippen molar-refractivity contribution < 1.29 is 9.13 Å². The molecule has 1 fully saturated rings. The summed E-state index contributed by atoms with van der Waals surface area (Å²) in [5, 5.41) is 3.27. The average molecular weight is 195 g/mol. The summed E-state index contributed by atoms with van der Waals surface area (Å²) in [4.78, 5) is 0. The number of halogens is 1. The van der Waals surface area contributed by atoms with Crippen LogP contribution in [0, 0.1) is 5.82 Å². The van der Waals surface area contributed by atoms with Crippen molar-refractivity contribution in [1.29, 1.82) is 0 Å². The molecule has 2 rings (SSSR count). The summed E-state index contributed by atoms with van der Waals surface area (Å²) < 4.78 is 18.5. The fourth-order valence-corrected chi connectivity index (χ4v) is 1.39. The first-order valence-corrected chi connectivity index (χ1v) is 4.86. The normalized spacial score (nSPS) is 15.6. The van der Waals surface area contributed by atoms with E-state index in [9.17, 15) is 4.39 Å². The summed E-state index contributed by atoms with van der Waals surface area (Å²) in [6.45, 7) is 0.591. The Morgan fingerprint density at radius 3 is 2.93 bits per heavy atom. The van der Waals surface area contributed by atoms with Gasteiger partial charge in [-0.05, 0) is 18.9 Å². The van der Waals surface area contributed by atoms with Gasteiger partial charge in [-0.3, -0.25) is 0 Å². The molecule has 0 heterocycles. The Morgan fingerprint density at radius 1 is 1.50 bits per heavy atom. The molecule has 0 saturated heterocycles. The Morgan fingerprint density at radius 2 is 2.29 bits per heavy atom. The molecule has 1 aromatic rings. The summed E-state index contributed by atoms with van der Waals surface area (Å²) in [7, 11) is 1.48. The van der Waals surface area contributed by atoms with Crippen molar-refractivity contribution in [1.82, 2.24) is 5.32 Å². The largest absolute Gasteiger partial charge is 0.494 e. The number of methoxy groups -OCH3 is 1. The molecule has 0 spiro atoms. The molecule has 1 aliphatic carbocycles. The molecule has 14 heavy (non-hydrogen) atoms. The Balaban J connectivity index is 2.06. The van der Waals surface area contributed by atoms with Crippen molar-refractivity contribution >= 4 is 0 Å². The lowest BCUT2D eigenvalue weighted by Gasteiger charge is -2.07. The zero-order valence-electron chi connectivity index (χ0n) is 8.22. The van der Waals surface area contributed by atoms with Crippen LogP contribution in [-0.2, 0) is 6.54 Å². The highest BCUT2D eigenvalue weighted by molar-refractivity contribution is 5.31. The van der Waals surface area contributed by atoms with Crippen LogP contribution in [-0.4, -0.2) is 13.2 Å². The molecule has 1 aromatic carbocycles. The maximum Gasteiger partial charge on any atom is 0.169 e. The molecule has 0 radical (unpaired) electrons. The summed E-state index contributed by atoms with van der Waals surface area (Å²) in [5.41, 5.74) is 0.677. The molecule has 0 amide bonds. The molecular formula is C11H14FNO. The molecule has 2 nitrogen and oxygen atoms in total. The summed E-state index contributed by atoms with van der Waals surface area (Å²) in [6, 6.07) is 5.83. The quantitative estimate of drug-likeness (QED) is 0.794. The van der Waals surface area contributed by atoms with Crippen LogP contribution in [0.5, 0.6) is 5.75 Å². The Labute approximate surface area is 83.1 Å². The molecular weight excluding hydrogens is 181 g/mol. The molecule has 1 aliphatic rings. The van der Waals surface area contributed by atoms with E-state index < -0.39 is 0 Å². The van der Waals surface area contributed by atoms with E-state index in [0.717, 1.165) is 0 Å². The molecule has 1 N–H and O–H groups in total. The van der Waals surface area contributed by atoms with Gasteiger partial charge in [-0.2, -0.15) is 0 Å². The van der Waals surface area contributed by atoms with Gasteiger partial charge in [0.05, 0.1) is 7.11 Å². The van der Waals surface area contributed by atoms with Crippen LogP contribution in [0.15, 0.2) is 18.2 Å². The molecule has 0 atom stereocenters. The van der Waals surface area contributed by atoms with E-state index in [1.54, 1.807) is 12.1 Å². The van der Waals surface area contributed by atoms with Gasteiger partial charge >= 0.3 is 0 Å². The third-order valence-corrected chi connectivity index (χ3v) is 2.42. The van der Waals surface area contributed by atoms with Gasteiger partial charge < -0.3 is 10.1 Å². The second kappa shape index (κ2) is 3.96. The number of nitrogens with one attached hydrogen (secondary N) is 1. The predicted molar refractivity (Wildman–Crippen MR) is 52.8 cm³/mol. The van der Waals surface area contributed by atoms with Crippen molar-refractivity contribution in [3.8, 4) is 5.75 Å². The molecule has 0 bridgehead atoms. The van der Waals surface area contributed by atoms with Crippen molar-refractivity contribution in [2.24, 2.45) is 0 Å². The SMILES string of the molecule is COc1cccc(CNC2CC2)c1F. The van der Waals surface area contributed by atoms with Crippen LogP contribution >= 0.6 is 0 Å². The van der Waals surface area contributed by atoms with Gasteiger partial charge in [-0.25, -0.2) is 4.39 Å². The minimum atomic E-state index is -0.247. The van der Waals surface area contributed by atoms with Crippen LogP contribution in [0.25, 0.3) is 0 Å². The first-order valence-electron chi connectivity index (χ1n) is 4.86. The molecule has 0 unspecified atom stereocenters. The Bertz CT molecular complexity index is 323. The maximum absolute atomic E-state index is 13.6. The van der Waals surface area contributed by atoms with E-state index >= 15 is 0 Å². The third-order valence-electron chi connectivity index (χ3n) is 2.42. The number of hydrogen-bond donors (Lipinski definition) is 1. The monoisotopic (exact) mass is 195 g/mol. The zero-order chi connectivity index (χ0) is 9.97. The second-order valence-electron chi connectivity index (χ2n) is 3.59. The number of rotatable bonds is 4. The minimum absolute atomic E-state index is 0.247. The van der Waals surface area contributed by atoms with Crippen molar-refractivity contribution in [2.45, 2.75) is 25.4 Å². The molecule has 0 aliphatic heterocycles. The number of benzene rings is 1. The van der Waals surface area contributed by atoms with E-state index in [2.05, 4.69) is 5.32 Å². The van der Waals surface area contributed by atoms with E-state index in [4.69, 9.17) is 4.74 Å². The highest BCUT2D eigenvalue weighted by Gasteiger charge is 2.20. The van der Waals surface area contributed by atoms with Crippen LogP contribution in [0.2, 0.25) is 0 Å². The Hall–Kier alpha value is -1.09. The van der Waals surface area contributed by atoms with E-state index in [0.29, 0.717) is 23.9 Å². The first kappa shape index (κ1) is 9.46. The van der Waals surface area contributed by atoms with E-state index in [1.165, 1.54) is 20.0 Å². The summed E-state index contributed by atoms with van der Waals surface area (Å²) in [5.74, 6) is 0.0725. The fraction of sp³-hybridized carbons (Fsp3) is 0.455. The third kappa shape index (κ3) is 2.04. The smallest absolute Gasteiger partial charge is 0.169 e. The fourth-order valence-electron chi connectivity index (χ4n) is 1.39. The maximum atomic E-state index is 13.6. The van der Waals surface area contributed by atoms with Gasteiger partial charge in [-0.1, -0.05) is 12.1 Å². The number of hydrogen-bond acceptors (Lipinski definition) is 2. The highest BCUT2D eigenvalue weighted by atomic mass is 19.1. The summed E-state index contributed by atoms with van der Waals surface area (Å²) in [6.07, 6.45) is 2.43. The lowest BCUT2D eigenvalue weighted by molar-refractivity contribution is 0.383. The van der Waals surface area contributed by atoms with Crippen LogP contribution in [0.1, 0.15) is 18.4 Å². The van der Waals surface area contributed by atoms with Gasteiger partial charge in [0.25, 0.3) is 0 Å². The highest BCUT2D eigenvalue weighted by Crippen LogP contribution is 2.22. The van der Waals surface area contributed by atoms with Gasteiger partial charge in [0.15, 0.2) is 11.6 Å². The lowest BCUT2D eigenvalue weighted by Crippen LogP contribution is -2.16. The summed E-state index contributed by atoms with van der Waals surface area (Å²) >= 11 is 0. The molecule has 3 heteroatoms. The lowest BCUT2D eigenvalue weighted by atomic mass is 10.2. The average Bonchev–Trinajstić information content (AvgIpc) is 3.00. The first-order chi connectivity index (χ1) is 6.81. The van der Waals surface area contributed by atoms with E-state index in [1.807, 2.05) is 6.07 Å². The van der Waals surface area contributed by atoms with Crippen molar-refractivity contribution in [3.05, 3.63) is 29.6 Å². The molecule has 1 saturated carbocycles. The van der Waals surface area contributed by atoms with Crippen molar-refractivity contribution in [2.75, 3.05) is 7.11 Å². The van der Waals surface area contributed by atoms with Gasteiger partial charge in [0, 0.05) is 18.2 Å². The molecule has 0 aromatic heterocycles. The number of ether oxygens (including phenoxy) is 1. The van der Waals surface area contributed by atoms with E-state index in [-0.39, 0.29) is 5.82 Å². The van der Waals surface area contributed by atoms with Gasteiger partial charge in [0.2, 0.25) is 0 Å². The predicted octanol–water partition coefficient (Wildman–Crippen LogP) is 2.09. The van der Waals surface area contributed by atoms with Gasteiger partial charge in [0.1, 0.15) is 0 Å². The van der Waals surface area contributed by atoms with Crippen LogP contribution in [0.3, 0.4) is 0 Å². The zero-order valence-corrected chi connectivity index (χ0v) is 8.22. The second-order valence-corrected chi connectivity index (χ2v) is 3.59. The Kier molecular flexibility index (Phi) is 2.68. The van der Waals surface area contributed by atoms with Crippen LogP contribution < -0.4 is 10.1 Å². The molecule has 76 valence electrons.